The van der Waals surface area contributed by atoms with Crippen LogP contribution in [0.1, 0.15) is 55.4 Å². The summed E-state index contributed by atoms with van der Waals surface area (Å²) in [5.41, 5.74) is 1.14. The molecule has 2 nitrogen and oxygen atoms in total. The van der Waals surface area contributed by atoms with E-state index in [-0.39, 0.29) is 0 Å². The van der Waals surface area contributed by atoms with Crippen LogP contribution in [0.3, 0.4) is 0 Å². The molecule has 0 atom stereocenters. The van der Waals surface area contributed by atoms with Crippen LogP contribution in [0.25, 0.3) is 0 Å². The summed E-state index contributed by atoms with van der Waals surface area (Å²) in [6, 6.07) is 3.64. The highest BCUT2D eigenvalue weighted by molar-refractivity contribution is 6.74. The molecule has 0 spiro atoms. The maximum absolute atomic E-state index is 6.58. The molecule has 0 saturated carbocycles. The normalized spacial score (nSPS) is 12.2. The molecule has 0 aromatic rings. The first-order chi connectivity index (χ1) is 9.11. The van der Waals surface area contributed by atoms with Gasteiger partial charge in [-0.05, 0) is 49.7 Å². The summed E-state index contributed by atoms with van der Waals surface area (Å²) in [5.74, 6) is 2.79. The zero-order chi connectivity index (χ0) is 15.9. The third-order valence-electron chi connectivity index (χ3n) is 3.24. The second-order valence-corrected chi connectivity index (χ2v) is 11.4. The van der Waals surface area contributed by atoms with Gasteiger partial charge in [0, 0.05) is 5.57 Å². The van der Waals surface area contributed by atoms with Gasteiger partial charge >= 0.3 is 0 Å². The lowest BCUT2D eigenvalue weighted by Gasteiger charge is -2.36. The van der Waals surface area contributed by atoms with Gasteiger partial charge in [0.1, 0.15) is 0 Å². The van der Waals surface area contributed by atoms with Crippen molar-refractivity contribution in [3.8, 4) is 0 Å². The van der Waals surface area contributed by atoms with Gasteiger partial charge < -0.3 is 9.16 Å². The Bertz CT molecular complexity index is 276. The van der Waals surface area contributed by atoms with Gasteiger partial charge in [-0.25, -0.2) is 0 Å². The van der Waals surface area contributed by atoms with Crippen LogP contribution in [0.15, 0.2) is 11.5 Å². The van der Waals surface area contributed by atoms with Crippen LogP contribution in [-0.2, 0) is 9.16 Å². The van der Waals surface area contributed by atoms with E-state index in [1.807, 2.05) is 0 Å². The standard InChI is InChI=1S/C17H36O2Si/c1-13(2)10-20(11-14(3)4,12-15(5)6)19-17(18-9)16(7)8/h13-15H,10-12H2,1-9H3. The number of methoxy groups -OCH3 is 1. The average molecular weight is 301 g/mol. The Hall–Kier alpha value is -0.443. The van der Waals surface area contributed by atoms with E-state index >= 15 is 0 Å². The minimum Gasteiger partial charge on any atom is -0.519 e. The van der Waals surface area contributed by atoms with Crippen molar-refractivity contribution in [3.05, 3.63) is 11.5 Å². The molecule has 0 N–H and O–H groups in total. The van der Waals surface area contributed by atoms with Crippen molar-refractivity contribution in [1.29, 1.82) is 0 Å². The average Bonchev–Trinajstić information content (AvgIpc) is 2.22. The zero-order valence-electron chi connectivity index (χ0n) is 15.2. The predicted octanol–water partition coefficient (Wildman–Crippen LogP) is 5.81. The van der Waals surface area contributed by atoms with Crippen molar-refractivity contribution in [2.24, 2.45) is 17.8 Å². The first-order valence-electron chi connectivity index (χ1n) is 8.02. The first-order valence-corrected chi connectivity index (χ1v) is 10.5. The quantitative estimate of drug-likeness (QED) is 0.395. The molecule has 0 aromatic carbocycles. The summed E-state index contributed by atoms with van der Waals surface area (Å²) in [5, 5.41) is 0. The van der Waals surface area contributed by atoms with Crippen molar-refractivity contribution in [1.82, 2.24) is 0 Å². The van der Waals surface area contributed by atoms with Crippen LogP contribution in [0.2, 0.25) is 18.1 Å². The fourth-order valence-electron chi connectivity index (χ4n) is 3.15. The molecule has 0 bridgehead atoms. The first kappa shape index (κ1) is 19.6. The zero-order valence-corrected chi connectivity index (χ0v) is 16.2. The topological polar surface area (TPSA) is 18.5 Å². The molecule has 0 saturated heterocycles. The summed E-state index contributed by atoms with van der Waals surface area (Å²) >= 11 is 0. The summed E-state index contributed by atoms with van der Waals surface area (Å²) in [6.07, 6.45) is 0. The Kier molecular flexibility index (Phi) is 8.56. The van der Waals surface area contributed by atoms with E-state index in [2.05, 4.69) is 55.4 Å². The van der Waals surface area contributed by atoms with Crippen LogP contribution in [0.5, 0.6) is 0 Å². The number of hydrogen-bond acceptors (Lipinski definition) is 2. The lowest BCUT2D eigenvalue weighted by Crippen LogP contribution is -2.42. The van der Waals surface area contributed by atoms with Gasteiger partial charge in [-0.2, -0.15) is 0 Å². The number of hydrogen-bond donors (Lipinski definition) is 0. The Labute approximate surface area is 128 Å². The summed E-state index contributed by atoms with van der Waals surface area (Å²) in [4.78, 5) is 0. The fourth-order valence-corrected chi connectivity index (χ4v) is 9.05. The van der Waals surface area contributed by atoms with E-state index < -0.39 is 8.32 Å². The van der Waals surface area contributed by atoms with Gasteiger partial charge in [0.25, 0.3) is 14.3 Å². The van der Waals surface area contributed by atoms with Crippen molar-refractivity contribution in [2.75, 3.05) is 7.11 Å². The Morgan fingerprint density at radius 1 is 0.800 bits per heavy atom. The lowest BCUT2D eigenvalue weighted by molar-refractivity contribution is 0.135. The third-order valence-corrected chi connectivity index (χ3v) is 8.54. The molecule has 0 rings (SSSR count). The molecule has 3 heteroatoms. The van der Waals surface area contributed by atoms with Gasteiger partial charge in [-0.15, -0.1) is 0 Å². The van der Waals surface area contributed by atoms with Gasteiger partial charge in [0.15, 0.2) is 0 Å². The molecule has 0 aliphatic heterocycles. The molecule has 0 amide bonds. The number of rotatable bonds is 9. The summed E-state index contributed by atoms with van der Waals surface area (Å²) in [6.45, 7) is 18.0. The second kappa shape index (κ2) is 8.76. The van der Waals surface area contributed by atoms with Gasteiger partial charge in [-0.1, -0.05) is 41.5 Å². The predicted molar refractivity (Wildman–Crippen MR) is 91.2 cm³/mol. The van der Waals surface area contributed by atoms with Crippen molar-refractivity contribution in [3.63, 3.8) is 0 Å². The SMILES string of the molecule is COC(O[Si](CC(C)C)(CC(C)C)CC(C)C)=C(C)C. The molecular formula is C17H36O2Si. The fraction of sp³-hybridized carbons (Fsp3) is 0.882. The molecule has 120 valence electrons. The molecule has 0 unspecified atom stereocenters. The minimum atomic E-state index is -1.81. The molecule has 0 aliphatic rings. The Morgan fingerprint density at radius 2 is 1.15 bits per heavy atom. The monoisotopic (exact) mass is 300 g/mol. The van der Waals surface area contributed by atoms with Crippen LogP contribution < -0.4 is 0 Å². The third kappa shape index (κ3) is 7.37. The summed E-state index contributed by atoms with van der Waals surface area (Å²) in [7, 11) is -0.0906. The van der Waals surface area contributed by atoms with E-state index in [9.17, 15) is 0 Å². The van der Waals surface area contributed by atoms with Crippen molar-refractivity contribution in [2.45, 2.75) is 73.5 Å². The van der Waals surface area contributed by atoms with Gasteiger partial charge in [-0.3, -0.25) is 0 Å². The van der Waals surface area contributed by atoms with E-state index in [0.717, 1.165) is 11.5 Å². The molecule has 20 heavy (non-hydrogen) atoms. The maximum atomic E-state index is 6.58. The molecule has 0 fully saturated rings. The number of ether oxygens (including phenoxy) is 1. The van der Waals surface area contributed by atoms with Gasteiger partial charge in [0.2, 0.25) is 0 Å². The molecule has 0 radical (unpaired) electrons. The largest absolute Gasteiger partial charge is 0.519 e. The van der Waals surface area contributed by atoms with Crippen LogP contribution in [-0.4, -0.2) is 15.4 Å². The molecule has 0 heterocycles. The number of allylic oxidation sites excluding steroid dienone is 1. The van der Waals surface area contributed by atoms with Gasteiger partial charge in [0.05, 0.1) is 7.11 Å². The van der Waals surface area contributed by atoms with E-state index in [1.54, 1.807) is 7.11 Å². The Balaban J connectivity index is 5.40. The molecule has 0 aromatic heterocycles. The van der Waals surface area contributed by atoms with E-state index in [4.69, 9.17) is 9.16 Å². The highest BCUT2D eigenvalue weighted by atomic mass is 28.4. The second-order valence-electron chi connectivity index (χ2n) is 7.57. The van der Waals surface area contributed by atoms with E-state index in [1.165, 1.54) is 18.1 Å². The van der Waals surface area contributed by atoms with E-state index in [0.29, 0.717) is 17.8 Å². The summed E-state index contributed by atoms with van der Waals surface area (Å²) < 4.78 is 12.1. The highest BCUT2D eigenvalue weighted by Crippen LogP contribution is 2.35. The maximum Gasteiger partial charge on any atom is 0.263 e. The van der Waals surface area contributed by atoms with Crippen LogP contribution in [0, 0.1) is 17.8 Å². The van der Waals surface area contributed by atoms with Crippen molar-refractivity contribution < 1.29 is 9.16 Å². The highest BCUT2D eigenvalue weighted by Gasteiger charge is 2.40. The van der Waals surface area contributed by atoms with Crippen LogP contribution >= 0.6 is 0 Å². The minimum absolute atomic E-state index is 0.675. The smallest absolute Gasteiger partial charge is 0.263 e. The lowest BCUT2D eigenvalue weighted by atomic mass is 10.2. The van der Waals surface area contributed by atoms with Crippen LogP contribution in [0.4, 0.5) is 0 Å². The molecular weight excluding hydrogens is 264 g/mol. The molecule has 0 aliphatic carbocycles. The van der Waals surface area contributed by atoms with Crippen molar-refractivity contribution >= 4 is 8.32 Å². The Morgan fingerprint density at radius 3 is 1.35 bits per heavy atom.